The van der Waals surface area contributed by atoms with Gasteiger partial charge in [-0.3, -0.25) is 9.36 Å². The van der Waals surface area contributed by atoms with E-state index in [0.29, 0.717) is 39.3 Å². The quantitative estimate of drug-likeness (QED) is 0.171. The van der Waals surface area contributed by atoms with Crippen LogP contribution in [0.25, 0.3) is 20.4 Å². The summed E-state index contributed by atoms with van der Waals surface area (Å²) in [4.78, 5) is 23.9. The first-order valence-electron chi connectivity index (χ1n) is 11.0. The van der Waals surface area contributed by atoms with Gasteiger partial charge in [-0.05, 0) is 47.9 Å². The van der Waals surface area contributed by atoms with Gasteiger partial charge in [0.15, 0.2) is 5.16 Å². The molecule has 5 nitrogen and oxygen atoms in total. The SMILES string of the molecule is CCCOc1ccc(Cn2c(SCc3ccccc3Cl)nc3c(sc4ncccc43)c2=O)cc1. The van der Waals surface area contributed by atoms with Gasteiger partial charge in [0, 0.05) is 22.4 Å². The molecule has 2 aromatic carbocycles. The lowest BCUT2D eigenvalue weighted by Gasteiger charge is -2.13. The van der Waals surface area contributed by atoms with E-state index in [1.54, 1.807) is 10.8 Å². The normalized spacial score (nSPS) is 11.4. The largest absolute Gasteiger partial charge is 0.494 e. The molecule has 3 heterocycles. The molecule has 0 bridgehead atoms. The van der Waals surface area contributed by atoms with Crippen LogP contribution in [0, 0.1) is 0 Å². The van der Waals surface area contributed by atoms with E-state index >= 15 is 0 Å². The minimum Gasteiger partial charge on any atom is -0.494 e. The van der Waals surface area contributed by atoms with Gasteiger partial charge in [0.2, 0.25) is 0 Å². The molecule has 0 aliphatic heterocycles. The Labute approximate surface area is 210 Å². The van der Waals surface area contributed by atoms with E-state index < -0.39 is 0 Å². The van der Waals surface area contributed by atoms with Crippen LogP contribution in [-0.4, -0.2) is 21.1 Å². The fraction of sp³-hybridized carbons (Fsp3) is 0.192. The number of thioether (sulfide) groups is 1. The molecule has 0 saturated carbocycles. The van der Waals surface area contributed by atoms with Gasteiger partial charge < -0.3 is 4.74 Å². The molecule has 0 aliphatic carbocycles. The molecule has 172 valence electrons. The highest BCUT2D eigenvalue weighted by Crippen LogP contribution is 2.32. The third-order valence-electron chi connectivity index (χ3n) is 5.37. The van der Waals surface area contributed by atoms with Gasteiger partial charge >= 0.3 is 0 Å². The van der Waals surface area contributed by atoms with Gasteiger partial charge in [0.1, 0.15) is 15.3 Å². The van der Waals surface area contributed by atoms with Gasteiger partial charge in [0.05, 0.1) is 18.7 Å². The van der Waals surface area contributed by atoms with Crippen molar-refractivity contribution in [2.24, 2.45) is 0 Å². The van der Waals surface area contributed by atoms with Crippen molar-refractivity contribution in [2.75, 3.05) is 6.61 Å². The number of hydrogen-bond donors (Lipinski definition) is 0. The van der Waals surface area contributed by atoms with Crippen molar-refractivity contribution < 1.29 is 4.74 Å². The molecule has 34 heavy (non-hydrogen) atoms. The van der Waals surface area contributed by atoms with Crippen LogP contribution in [-0.2, 0) is 12.3 Å². The first-order chi connectivity index (χ1) is 16.6. The number of benzene rings is 2. The molecule has 0 radical (unpaired) electrons. The van der Waals surface area contributed by atoms with Crippen molar-refractivity contribution in [1.29, 1.82) is 0 Å². The lowest BCUT2D eigenvalue weighted by molar-refractivity contribution is 0.317. The van der Waals surface area contributed by atoms with Crippen LogP contribution in [0.2, 0.25) is 5.02 Å². The summed E-state index contributed by atoms with van der Waals surface area (Å²) in [6, 6.07) is 19.5. The van der Waals surface area contributed by atoms with Crippen LogP contribution in [0.5, 0.6) is 5.75 Å². The molecular weight excluding hydrogens is 486 g/mol. The molecular formula is C26H22ClN3O2S2. The number of aromatic nitrogens is 3. The fourth-order valence-electron chi connectivity index (χ4n) is 3.64. The molecule has 5 aromatic rings. The zero-order valence-electron chi connectivity index (χ0n) is 18.5. The Kier molecular flexibility index (Phi) is 6.85. The maximum Gasteiger partial charge on any atom is 0.272 e. The van der Waals surface area contributed by atoms with Crippen molar-refractivity contribution in [3.8, 4) is 5.75 Å². The number of hydrogen-bond acceptors (Lipinski definition) is 6. The second kappa shape index (κ2) is 10.2. The van der Waals surface area contributed by atoms with E-state index in [-0.39, 0.29) is 5.56 Å². The minimum absolute atomic E-state index is 0.0547. The molecule has 0 amide bonds. The minimum atomic E-state index is -0.0547. The number of ether oxygens (including phenoxy) is 1. The molecule has 3 aromatic heterocycles. The Hall–Kier alpha value is -2.87. The zero-order valence-corrected chi connectivity index (χ0v) is 20.9. The summed E-state index contributed by atoms with van der Waals surface area (Å²) in [5, 5.41) is 2.27. The first kappa shape index (κ1) is 22.9. The topological polar surface area (TPSA) is 57.0 Å². The average molecular weight is 508 g/mol. The number of halogens is 1. The molecule has 0 N–H and O–H groups in total. The number of fused-ring (bicyclic) bond motifs is 3. The highest BCUT2D eigenvalue weighted by molar-refractivity contribution is 7.98. The number of pyridine rings is 1. The van der Waals surface area contributed by atoms with Crippen LogP contribution in [0.15, 0.2) is 76.8 Å². The smallest absolute Gasteiger partial charge is 0.272 e. The summed E-state index contributed by atoms with van der Waals surface area (Å²) in [6.07, 6.45) is 2.70. The molecule has 0 unspecified atom stereocenters. The molecule has 0 atom stereocenters. The molecule has 0 fully saturated rings. The molecule has 8 heteroatoms. The monoisotopic (exact) mass is 507 g/mol. The van der Waals surface area contributed by atoms with Crippen LogP contribution in [0.3, 0.4) is 0 Å². The van der Waals surface area contributed by atoms with Crippen molar-refractivity contribution in [3.63, 3.8) is 0 Å². The van der Waals surface area contributed by atoms with Crippen molar-refractivity contribution in [1.82, 2.24) is 14.5 Å². The molecule has 5 rings (SSSR count). The van der Waals surface area contributed by atoms with Gasteiger partial charge in [-0.15, -0.1) is 11.3 Å². The highest BCUT2D eigenvalue weighted by atomic mass is 35.5. The van der Waals surface area contributed by atoms with Crippen LogP contribution in [0.1, 0.15) is 24.5 Å². The molecule has 0 spiro atoms. The number of thiophene rings is 1. The Morgan fingerprint density at radius 3 is 2.71 bits per heavy atom. The van der Waals surface area contributed by atoms with Gasteiger partial charge in [-0.25, -0.2) is 9.97 Å². The summed E-state index contributed by atoms with van der Waals surface area (Å²) in [7, 11) is 0. The first-order valence-corrected chi connectivity index (χ1v) is 13.2. The van der Waals surface area contributed by atoms with Crippen molar-refractivity contribution in [3.05, 3.63) is 93.4 Å². The van der Waals surface area contributed by atoms with E-state index in [1.807, 2.05) is 60.7 Å². The van der Waals surface area contributed by atoms with E-state index in [2.05, 4.69) is 11.9 Å². The third-order valence-corrected chi connectivity index (χ3v) is 7.85. The number of nitrogens with zero attached hydrogens (tertiary/aromatic N) is 3. The average Bonchev–Trinajstić information content (AvgIpc) is 3.24. The lowest BCUT2D eigenvalue weighted by atomic mass is 10.2. The highest BCUT2D eigenvalue weighted by Gasteiger charge is 2.17. The summed E-state index contributed by atoms with van der Waals surface area (Å²) < 4.78 is 8.07. The predicted octanol–water partition coefficient (Wildman–Crippen LogP) is 6.79. The number of rotatable bonds is 8. The maximum absolute atomic E-state index is 13.7. The van der Waals surface area contributed by atoms with Crippen molar-refractivity contribution >= 4 is 55.1 Å². The second-order valence-corrected chi connectivity index (χ2v) is 10.1. The predicted molar refractivity (Wildman–Crippen MR) is 142 cm³/mol. The van der Waals surface area contributed by atoms with E-state index in [0.717, 1.165) is 33.5 Å². The Balaban J connectivity index is 1.56. The summed E-state index contributed by atoms with van der Waals surface area (Å²) in [6.45, 7) is 3.18. The van der Waals surface area contributed by atoms with Crippen LogP contribution >= 0.6 is 34.7 Å². The third kappa shape index (κ3) is 4.69. The second-order valence-electron chi connectivity index (χ2n) is 7.79. The van der Waals surface area contributed by atoms with E-state index in [9.17, 15) is 4.79 Å². The fourth-order valence-corrected chi connectivity index (χ4v) is 5.95. The lowest BCUT2D eigenvalue weighted by Crippen LogP contribution is -2.23. The standard InChI is InChI=1S/C26H22ClN3O2S2/c1-2-14-32-19-11-9-17(10-12-19)15-30-25(31)23-22(20-7-5-13-28-24(20)34-23)29-26(30)33-16-18-6-3-4-8-21(18)27/h3-13H,2,14-16H2,1H3. The van der Waals surface area contributed by atoms with E-state index in [4.69, 9.17) is 21.3 Å². The zero-order chi connectivity index (χ0) is 23.5. The Morgan fingerprint density at radius 2 is 1.91 bits per heavy atom. The maximum atomic E-state index is 13.7. The summed E-state index contributed by atoms with van der Waals surface area (Å²) >= 11 is 9.29. The molecule has 0 saturated heterocycles. The summed E-state index contributed by atoms with van der Waals surface area (Å²) in [5.41, 5.74) is 2.66. The van der Waals surface area contributed by atoms with E-state index in [1.165, 1.54) is 23.1 Å². The van der Waals surface area contributed by atoms with Gasteiger partial charge in [-0.2, -0.15) is 0 Å². The van der Waals surface area contributed by atoms with Crippen LogP contribution in [0.4, 0.5) is 0 Å². The van der Waals surface area contributed by atoms with Crippen molar-refractivity contribution in [2.45, 2.75) is 30.8 Å². The van der Waals surface area contributed by atoms with Crippen LogP contribution < -0.4 is 10.3 Å². The van der Waals surface area contributed by atoms with Gasteiger partial charge in [-0.1, -0.05) is 60.6 Å². The molecule has 0 aliphatic rings. The Bertz CT molecular complexity index is 1510. The Morgan fingerprint density at radius 1 is 1.09 bits per heavy atom. The summed E-state index contributed by atoms with van der Waals surface area (Å²) in [5.74, 6) is 1.44. The van der Waals surface area contributed by atoms with Gasteiger partial charge in [0.25, 0.3) is 5.56 Å².